The van der Waals surface area contributed by atoms with Gasteiger partial charge in [0.25, 0.3) is 0 Å². The number of cyclic esters (lactones) is 1. The van der Waals surface area contributed by atoms with E-state index in [1.54, 1.807) is 51.2 Å². The van der Waals surface area contributed by atoms with Crippen molar-refractivity contribution in [3.8, 4) is 0 Å². The Hall–Kier alpha value is -3.14. The van der Waals surface area contributed by atoms with Crippen LogP contribution in [0.4, 0.5) is 0 Å². The Bertz CT molecular complexity index is 1580. The lowest BCUT2D eigenvalue weighted by molar-refractivity contribution is -0.308. The SMILES string of the molecule is C[C@@H]1[C@H](O)[C@@H](C)C=CC=CCCC=CC=CC=CC=C[C@H](O[C@@H]2O[C@H](C)[C@@H](O)[C@H](N)[C@@H]2O)C[C@@H]2O[C@](O)(C[C@@H](O)CCC[C@@H](O)C[C@@H](O)C[C@@H](O)CC(=O)O[C@H]1C)C[C@H](O)[C@H]2C(=O)O. The van der Waals surface area contributed by atoms with Crippen molar-refractivity contribution in [2.75, 3.05) is 0 Å². The van der Waals surface area contributed by atoms with Gasteiger partial charge >= 0.3 is 11.9 Å². The molecule has 3 aliphatic heterocycles. The van der Waals surface area contributed by atoms with Crippen molar-refractivity contribution in [2.24, 2.45) is 23.5 Å². The Morgan fingerprint density at radius 2 is 1.31 bits per heavy atom. The summed E-state index contributed by atoms with van der Waals surface area (Å²) >= 11 is 0. The summed E-state index contributed by atoms with van der Waals surface area (Å²) < 4.78 is 23.3. The number of aliphatic hydroxyl groups is 9. The molecule has 2 saturated heterocycles. The standard InChI is InChI=1S/C47H75NO16/c1-28-18-15-13-11-9-7-5-6-8-10-12-14-16-21-36(63-46-44(57)41(48)43(56)31(4)62-46)25-38-40(45(58)59)37(53)27-47(60,64-38)26-33(50)20-17-19-32(49)22-34(51)23-35(52)24-39(54)61-30(3)29(2)42(28)55/h5-6,8,10-16,18,21,28-38,40-44,46,49-53,55-57,60H,7,9,17,19-20,22-27,48H2,1-4H3,(H,58,59)/t28-,29-,30-,31+,32+,33-,34+,35+,36-,37-,38-,40+,41-,42+,43+,44-,46-,47+/m0/s1. The van der Waals surface area contributed by atoms with Crippen molar-refractivity contribution in [1.29, 1.82) is 0 Å². The van der Waals surface area contributed by atoms with Crippen molar-refractivity contribution in [1.82, 2.24) is 0 Å². The van der Waals surface area contributed by atoms with E-state index in [1.807, 2.05) is 49.5 Å². The van der Waals surface area contributed by atoms with Gasteiger partial charge < -0.3 is 75.7 Å². The molecule has 18 atom stereocenters. The van der Waals surface area contributed by atoms with Crippen LogP contribution in [-0.2, 0) is 28.5 Å². The minimum atomic E-state index is -2.17. The highest BCUT2D eigenvalue weighted by molar-refractivity contribution is 5.71. The van der Waals surface area contributed by atoms with Crippen molar-refractivity contribution in [2.45, 2.75) is 190 Å². The summed E-state index contributed by atoms with van der Waals surface area (Å²) in [6, 6.07) is -1.12. The fraction of sp³-hybridized carbons (Fsp3) is 0.702. The summed E-state index contributed by atoms with van der Waals surface area (Å²) in [5.74, 6) is -6.45. The van der Waals surface area contributed by atoms with Crippen molar-refractivity contribution < 1.29 is 79.6 Å². The van der Waals surface area contributed by atoms with Crippen LogP contribution < -0.4 is 5.73 Å². The number of aliphatic hydroxyl groups excluding tert-OH is 8. The lowest BCUT2D eigenvalue weighted by atomic mass is 9.83. The summed E-state index contributed by atoms with van der Waals surface area (Å²) in [5.41, 5.74) is 6.03. The minimum Gasteiger partial charge on any atom is -0.481 e. The Labute approximate surface area is 376 Å². The number of allylic oxidation sites excluding steroid dienone is 10. The molecule has 12 N–H and O–H groups in total. The van der Waals surface area contributed by atoms with Gasteiger partial charge in [0.15, 0.2) is 12.1 Å². The third-order valence-corrected chi connectivity index (χ3v) is 12.1. The van der Waals surface area contributed by atoms with Gasteiger partial charge in [-0.1, -0.05) is 86.8 Å². The summed E-state index contributed by atoms with van der Waals surface area (Å²) in [5, 5.41) is 107. The van der Waals surface area contributed by atoms with E-state index >= 15 is 0 Å². The summed E-state index contributed by atoms with van der Waals surface area (Å²) in [6.07, 6.45) is 6.74. The average Bonchev–Trinajstić information content (AvgIpc) is 3.20. The zero-order valence-electron chi connectivity index (χ0n) is 37.5. The van der Waals surface area contributed by atoms with E-state index in [0.29, 0.717) is 0 Å². The quantitative estimate of drug-likeness (QED) is 0.180. The molecule has 0 unspecified atom stereocenters. The molecule has 17 nitrogen and oxygen atoms in total. The average molecular weight is 910 g/mol. The van der Waals surface area contributed by atoms with E-state index in [1.165, 1.54) is 0 Å². The molecular weight excluding hydrogens is 835 g/mol. The highest BCUT2D eigenvalue weighted by Crippen LogP contribution is 2.38. The van der Waals surface area contributed by atoms with Crippen LogP contribution in [0.3, 0.4) is 0 Å². The number of ether oxygens (including phenoxy) is 4. The molecule has 0 spiro atoms. The molecular formula is C47H75NO16. The highest BCUT2D eigenvalue weighted by Gasteiger charge is 2.50. The van der Waals surface area contributed by atoms with Gasteiger partial charge in [-0.15, -0.1) is 0 Å². The van der Waals surface area contributed by atoms with Crippen LogP contribution in [0.2, 0.25) is 0 Å². The van der Waals surface area contributed by atoms with Crippen LogP contribution in [0.5, 0.6) is 0 Å². The van der Waals surface area contributed by atoms with E-state index in [9.17, 15) is 60.7 Å². The molecule has 17 heteroatoms. The van der Waals surface area contributed by atoms with Crippen LogP contribution in [0.1, 0.15) is 98.3 Å². The number of esters is 1. The Morgan fingerprint density at radius 3 is 1.98 bits per heavy atom. The second-order valence-electron chi connectivity index (χ2n) is 17.7. The molecule has 64 heavy (non-hydrogen) atoms. The molecule has 0 aromatic rings. The van der Waals surface area contributed by atoms with Crippen molar-refractivity contribution in [3.05, 3.63) is 72.9 Å². The van der Waals surface area contributed by atoms with Crippen LogP contribution in [0.25, 0.3) is 0 Å². The van der Waals surface area contributed by atoms with E-state index < -0.39 is 134 Å². The zero-order valence-corrected chi connectivity index (χ0v) is 37.5. The molecule has 364 valence electrons. The first-order chi connectivity index (χ1) is 30.2. The first-order valence-corrected chi connectivity index (χ1v) is 22.5. The van der Waals surface area contributed by atoms with E-state index in [-0.39, 0.29) is 44.4 Å². The zero-order chi connectivity index (χ0) is 47.6. The molecule has 2 bridgehead atoms. The van der Waals surface area contributed by atoms with E-state index in [4.69, 9.17) is 24.7 Å². The van der Waals surface area contributed by atoms with E-state index in [0.717, 1.165) is 12.8 Å². The third-order valence-electron chi connectivity index (χ3n) is 12.1. The molecule has 0 radical (unpaired) electrons. The molecule has 0 saturated carbocycles. The summed E-state index contributed by atoms with van der Waals surface area (Å²) in [4.78, 5) is 25.1. The predicted molar refractivity (Wildman–Crippen MR) is 236 cm³/mol. The highest BCUT2D eigenvalue weighted by atomic mass is 16.7. The third kappa shape index (κ3) is 18.6. The normalized spacial score (nSPS) is 41.6. The van der Waals surface area contributed by atoms with Gasteiger partial charge in [-0.05, 0) is 58.8 Å². The van der Waals surface area contributed by atoms with E-state index in [2.05, 4.69) is 0 Å². The Morgan fingerprint density at radius 1 is 0.719 bits per heavy atom. The van der Waals surface area contributed by atoms with Gasteiger partial charge in [0.2, 0.25) is 0 Å². The number of carboxylic acids is 1. The van der Waals surface area contributed by atoms with Crippen LogP contribution >= 0.6 is 0 Å². The topological polar surface area (TPSA) is 299 Å². The summed E-state index contributed by atoms with van der Waals surface area (Å²) in [7, 11) is 0. The van der Waals surface area contributed by atoms with Crippen LogP contribution in [0, 0.1) is 17.8 Å². The lowest BCUT2D eigenvalue weighted by Gasteiger charge is -2.45. The Balaban J connectivity index is 1.81. The molecule has 0 amide bonds. The number of carboxylic acid groups (broad SMARTS) is 1. The number of carbonyl (C=O) groups excluding carboxylic acids is 1. The predicted octanol–water partition coefficient (Wildman–Crippen LogP) is 1.96. The maximum absolute atomic E-state index is 12.6. The fourth-order valence-corrected chi connectivity index (χ4v) is 8.15. The molecule has 3 rings (SSSR count). The number of fused-ring (bicyclic) bond motifs is 2. The lowest BCUT2D eigenvalue weighted by Crippen LogP contribution is -2.61. The maximum atomic E-state index is 12.6. The number of hydrogen-bond acceptors (Lipinski definition) is 16. The largest absolute Gasteiger partial charge is 0.481 e. The van der Waals surface area contributed by atoms with Gasteiger partial charge in [-0.25, -0.2) is 0 Å². The molecule has 0 aromatic heterocycles. The number of carbonyl (C=O) groups is 2. The van der Waals surface area contributed by atoms with Crippen molar-refractivity contribution in [3.63, 3.8) is 0 Å². The summed E-state index contributed by atoms with van der Waals surface area (Å²) in [6.45, 7) is 6.85. The number of aliphatic carboxylic acids is 1. The monoisotopic (exact) mass is 910 g/mol. The molecule has 0 aliphatic carbocycles. The smallest absolute Gasteiger partial charge is 0.311 e. The molecule has 3 heterocycles. The Kier molecular flexibility index (Phi) is 23.7. The van der Waals surface area contributed by atoms with Gasteiger partial charge in [0.05, 0.1) is 73.5 Å². The van der Waals surface area contributed by atoms with Crippen LogP contribution in [-0.4, -0.2) is 154 Å². The molecule has 0 aromatic carbocycles. The van der Waals surface area contributed by atoms with Gasteiger partial charge in [0, 0.05) is 31.1 Å². The van der Waals surface area contributed by atoms with Gasteiger partial charge in [-0.2, -0.15) is 0 Å². The number of nitrogens with two attached hydrogens (primary N) is 1. The maximum Gasteiger partial charge on any atom is 0.311 e. The fourth-order valence-electron chi connectivity index (χ4n) is 8.15. The number of hydrogen-bond donors (Lipinski definition) is 11. The van der Waals surface area contributed by atoms with Crippen LogP contribution in [0.15, 0.2) is 72.9 Å². The first-order valence-electron chi connectivity index (χ1n) is 22.5. The second-order valence-corrected chi connectivity index (χ2v) is 17.7. The van der Waals surface area contributed by atoms with Crippen molar-refractivity contribution >= 4 is 11.9 Å². The molecule has 3 aliphatic rings. The number of rotatable bonds is 3. The van der Waals surface area contributed by atoms with Gasteiger partial charge in [-0.3, -0.25) is 9.59 Å². The molecule has 2 fully saturated rings. The first kappa shape index (κ1) is 55.2. The minimum absolute atomic E-state index is 0.0556. The second kappa shape index (κ2) is 27.5. The van der Waals surface area contributed by atoms with Gasteiger partial charge in [0.1, 0.15) is 18.1 Å².